The first-order chi connectivity index (χ1) is 11.7. The van der Waals surface area contributed by atoms with Gasteiger partial charge in [-0.15, -0.1) is 0 Å². The molecular formula is C18H17ClN4O. The molecule has 2 amide bonds. The number of halogens is 1. The first kappa shape index (κ1) is 15.0. The lowest BCUT2D eigenvalue weighted by molar-refractivity contribution is 0.251. The largest absolute Gasteiger partial charge is 0.331 e. The molecule has 1 fully saturated rings. The number of anilines is 1. The van der Waals surface area contributed by atoms with Crippen LogP contribution in [0.25, 0.3) is 11.0 Å². The maximum atomic E-state index is 12.1. The number of amides is 2. The molecule has 3 aromatic rings. The fraction of sp³-hybridized carbons (Fsp3) is 0.222. The van der Waals surface area contributed by atoms with Gasteiger partial charge in [0.15, 0.2) is 0 Å². The summed E-state index contributed by atoms with van der Waals surface area (Å²) in [6, 6.07) is 15.4. The summed E-state index contributed by atoms with van der Waals surface area (Å²) in [6.45, 7) is 0.393. The van der Waals surface area contributed by atoms with E-state index in [1.54, 1.807) is 24.3 Å². The van der Waals surface area contributed by atoms with Gasteiger partial charge in [0, 0.05) is 16.8 Å². The van der Waals surface area contributed by atoms with Gasteiger partial charge in [-0.05, 0) is 49.2 Å². The highest BCUT2D eigenvalue weighted by Gasteiger charge is 2.28. The van der Waals surface area contributed by atoms with E-state index in [0.29, 0.717) is 23.3 Å². The van der Waals surface area contributed by atoms with Crippen molar-refractivity contribution in [1.29, 1.82) is 0 Å². The summed E-state index contributed by atoms with van der Waals surface area (Å²) in [5.41, 5.74) is 2.81. The molecule has 4 rings (SSSR count). The van der Waals surface area contributed by atoms with E-state index in [2.05, 4.69) is 26.3 Å². The maximum absolute atomic E-state index is 12.1. The van der Waals surface area contributed by atoms with Crippen molar-refractivity contribution in [3.63, 3.8) is 0 Å². The number of aromatic nitrogens is 2. The number of para-hydroxylation sites is 2. The summed E-state index contributed by atoms with van der Waals surface area (Å²) in [5.74, 6) is 0.893. The van der Waals surface area contributed by atoms with Crippen LogP contribution in [0.1, 0.15) is 24.7 Å². The second-order valence-corrected chi connectivity index (χ2v) is 6.37. The number of hydrogen-bond donors (Lipinski definition) is 2. The van der Waals surface area contributed by atoms with Crippen LogP contribution in [0.15, 0.2) is 48.5 Å². The molecule has 1 aliphatic carbocycles. The van der Waals surface area contributed by atoms with Gasteiger partial charge in [0.25, 0.3) is 0 Å². The number of urea groups is 1. The van der Waals surface area contributed by atoms with E-state index >= 15 is 0 Å². The molecule has 5 nitrogen and oxygen atoms in total. The second kappa shape index (κ2) is 6.17. The number of nitrogens with zero attached hydrogens (tertiary/aromatic N) is 2. The average molecular weight is 341 g/mol. The summed E-state index contributed by atoms with van der Waals surface area (Å²) in [4.78, 5) is 16.8. The fourth-order valence-electron chi connectivity index (χ4n) is 2.83. The van der Waals surface area contributed by atoms with E-state index in [-0.39, 0.29) is 6.03 Å². The van der Waals surface area contributed by atoms with Crippen LogP contribution < -0.4 is 10.6 Å². The summed E-state index contributed by atoms with van der Waals surface area (Å²) in [6.07, 6.45) is 2.34. The summed E-state index contributed by atoms with van der Waals surface area (Å²) in [7, 11) is 0. The Hall–Kier alpha value is -2.53. The molecule has 0 bridgehead atoms. The lowest BCUT2D eigenvalue weighted by atomic mass is 10.3. The van der Waals surface area contributed by atoms with E-state index in [1.165, 1.54) is 12.8 Å². The zero-order chi connectivity index (χ0) is 16.5. The number of carbonyl (C=O) groups is 1. The number of imidazole rings is 1. The van der Waals surface area contributed by atoms with Crippen molar-refractivity contribution in [2.75, 3.05) is 5.32 Å². The smallest absolute Gasteiger partial charge is 0.319 e. The van der Waals surface area contributed by atoms with Crippen LogP contribution in [-0.2, 0) is 6.54 Å². The molecule has 2 aromatic carbocycles. The van der Waals surface area contributed by atoms with Crippen molar-refractivity contribution in [2.24, 2.45) is 0 Å². The molecule has 1 heterocycles. The predicted octanol–water partition coefficient (Wildman–Crippen LogP) is 4.35. The Morgan fingerprint density at radius 1 is 1.17 bits per heavy atom. The Balaban J connectivity index is 1.47. The summed E-state index contributed by atoms with van der Waals surface area (Å²) >= 11 is 5.84. The number of carbonyl (C=O) groups excluding carboxylic acids is 1. The quantitative estimate of drug-likeness (QED) is 0.742. The van der Waals surface area contributed by atoms with Gasteiger partial charge in [0.1, 0.15) is 5.82 Å². The third-order valence-electron chi connectivity index (χ3n) is 4.09. The number of benzene rings is 2. The zero-order valence-electron chi connectivity index (χ0n) is 13.0. The maximum Gasteiger partial charge on any atom is 0.319 e. The van der Waals surface area contributed by atoms with E-state index in [1.807, 2.05) is 18.2 Å². The highest BCUT2D eigenvalue weighted by molar-refractivity contribution is 6.30. The topological polar surface area (TPSA) is 59.0 Å². The standard InChI is InChI=1S/C18H17ClN4O/c19-12-5-7-13(8-6-12)21-18(24)20-11-17-22-15-3-1-2-4-16(15)23(17)14-9-10-14/h1-8,14H,9-11H2,(H2,20,21,24). The molecular weight excluding hydrogens is 324 g/mol. The van der Waals surface area contributed by atoms with Crippen LogP contribution >= 0.6 is 11.6 Å². The molecule has 24 heavy (non-hydrogen) atoms. The van der Waals surface area contributed by atoms with Crippen LogP contribution in [0.2, 0.25) is 5.02 Å². The van der Waals surface area contributed by atoms with E-state index in [9.17, 15) is 4.79 Å². The van der Waals surface area contributed by atoms with Crippen LogP contribution in [0.4, 0.5) is 10.5 Å². The normalized spacial score (nSPS) is 13.9. The van der Waals surface area contributed by atoms with Crippen LogP contribution in [0.5, 0.6) is 0 Å². The Labute approximate surface area is 144 Å². The molecule has 0 spiro atoms. The van der Waals surface area contributed by atoms with E-state index in [0.717, 1.165) is 16.9 Å². The third kappa shape index (κ3) is 3.08. The molecule has 6 heteroatoms. The molecule has 1 aliphatic rings. The third-order valence-corrected chi connectivity index (χ3v) is 4.34. The Morgan fingerprint density at radius 2 is 1.92 bits per heavy atom. The lowest BCUT2D eigenvalue weighted by Gasteiger charge is -2.10. The van der Waals surface area contributed by atoms with Gasteiger partial charge in [0.05, 0.1) is 17.6 Å². The minimum Gasteiger partial charge on any atom is -0.331 e. The predicted molar refractivity (Wildman–Crippen MR) is 95.3 cm³/mol. The molecule has 0 aliphatic heterocycles. The second-order valence-electron chi connectivity index (χ2n) is 5.93. The summed E-state index contributed by atoms with van der Waals surface area (Å²) in [5, 5.41) is 6.31. The average Bonchev–Trinajstić information content (AvgIpc) is 3.35. The van der Waals surface area contributed by atoms with Gasteiger partial charge < -0.3 is 15.2 Å². The molecule has 0 radical (unpaired) electrons. The first-order valence-corrected chi connectivity index (χ1v) is 8.35. The molecule has 0 saturated heterocycles. The molecule has 1 aromatic heterocycles. The highest BCUT2D eigenvalue weighted by Crippen LogP contribution is 2.38. The molecule has 0 atom stereocenters. The minimum atomic E-state index is -0.258. The monoisotopic (exact) mass is 340 g/mol. The molecule has 2 N–H and O–H groups in total. The number of nitrogens with one attached hydrogen (secondary N) is 2. The Bertz CT molecular complexity index is 884. The van der Waals surface area contributed by atoms with Gasteiger partial charge in [-0.2, -0.15) is 0 Å². The van der Waals surface area contributed by atoms with Crippen LogP contribution in [-0.4, -0.2) is 15.6 Å². The summed E-state index contributed by atoms with van der Waals surface area (Å²) < 4.78 is 2.25. The first-order valence-electron chi connectivity index (χ1n) is 7.97. The van der Waals surface area contributed by atoms with Crippen molar-refractivity contribution >= 4 is 34.4 Å². The van der Waals surface area contributed by atoms with E-state index in [4.69, 9.17) is 11.6 Å². The van der Waals surface area contributed by atoms with Gasteiger partial charge in [-0.1, -0.05) is 23.7 Å². The van der Waals surface area contributed by atoms with E-state index < -0.39 is 0 Å². The zero-order valence-corrected chi connectivity index (χ0v) is 13.8. The van der Waals surface area contributed by atoms with Crippen molar-refractivity contribution in [3.8, 4) is 0 Å². The molecule has 0 unspecified atom stereocenters. The van der Waals surface area contributed by atoms with Crippen molar-refractivity contribution in [1.82, 2.24) is 14.9 Å². The van der Waals surface area contributed by atoms with Gasteiger partial charge in [0.2, 0.25) is 0 Å². The number of rotatable bonds is 4. The van der Waals surface area contributed by atoms with Crippen molar-refractivity contribution in [3.05, 3.63) is 59.4 Å². The van der Waals surface area contributed by atoms with Crippen LogP contribution in [0.3, 0.4) is 0 Å². The van der Waals surface area contributed by atoms with Gasteiger partial charge in [-0.3, -0.25) is 0 Å². The van der Waals surface area contributed by atoms with Gasteiger partial charge >= 0.3 is 6.03 Å². The van der Waals surface area contributed by atoms with Crippen molar-refractivity contribution in [2.45, 2.75) is 25.4 Å². The van der Waals surface area contributed by atoms with Crippen molar-refractivity contribution < 1.29 is 4.79 Å². The Morgan fingerprint density at radius 3 is 2.67 bits per heavy atom. The van der Waals surface area contributed by atoms with Crippen LogP contribution in [0, 0.1) is 0 Å². The lowest BCUT2D eigenvalue weighted by Crippen LogP contribution is -2.29. The SMILES string of the molecule is O=C(NCc1nc2ccccc2n1C1CC1)Nc1ccc(Cl)cc1. The molecule has 122 valence electrons. The van der Waals surface area contributed by atoms with Gasteiger partial charge in [-0.25, -0.2) is 9.78 Å². The highest BCUT2D eigenvalue weighted by atomic mass is 35.5. The molecule has 1 saturated carbocycles. The number of hydrogen-bond acceptors (Lipinski definition) is 2. The minimum absolute atomic E-state index is 0.258. The fourth-order valence-corrected chi connectivity index (χ4v) is 2.95. The number of fused-ring (bicyclic) bond motifs is 1. The Kier molecular flexibility index (Phi) is 3.86.